The van der Waals surface area contributed by atoms with Crippen LogP contribution in [0.3, 0.4) is 0 Å². The highest BCUT2D eigenvalue weighted by Gasteiger charge is 2.34. The van der Waals surface area contributed by atoms with Gasteiger partial charge in [-0.15, -0.1) is 0 Å². The van der Waals surface area contributed by atoms with Crippen molar-refractivity contribution in [3.05, 3.63) is 298 Å². The zero-order valence-corrected chi connectivity index (χ0v) is 46.5. The second-order valence-electron chi connectivity index (χ2n) is 20.3. The van der Waals surface area contributed by atoms with Gasteiger partial charge in [0, 0.05) is 41.1 Å². The smallest absolute Gasteiger partial charge is 0.123 e. The van der Waals surface area contributed by atoms with Gasteiger partial charge in [0.05, 0.1) is 19.8 Å². The molecule has 0 radical (unpaired) electrons. The van der Waals surface area contributed by atoms with E-state index < -0.39 is 0 Å². The van der Waals surface area contributed by atoms with Crippen LogP contribution in [0.25, 0.3) is 0 Å². The molecule has 9 rings (SSSR count). The standard InChI is InChI=1S/C32H36O2.C24H26O2.C16H18O2.6CH4/c1-23(26-13-7-4-8-14-26)29-21-30(24(2)27-15-9-5-10-16-27)32(34-20-19-33)31(22-29)25(3)28-17-11-6-12-18-28;1-18(20-9-5-3-6-10-20)22-13-14-24(26-16-15-25)23(17-22)19(2)21-11-7-4-8-12-21;1-13(14-5-3-2-4-6-14)15-7-9-16(10-8-15)18-12-11-17;;;;;;/h4-18,21,23-25,31,33H,19-20,22H2,1-3H3;3-14,17-19,25H,15-16H2,1-2H3;2-10,13,17H,11-12H2,1H3;6*1H4. The van der Waals surface area contributed by atoms with Gasteiger partial charge in [0.1, 0.15) is 37.1 Å². The van der Waals surface area contributed by atoms with E-state index in [1.165, 1.54) is 55.7 Å². The van der Waals surface area contributed by atoms with Gasteiger partial charge in [0.2, 0.25) is 0 Å². The molecule has 0 bridgehead atoms. The summed E-state index contributed by atoms with van der Waals surface area (Å²) in [5.74, 6) is 4.59. The molecule has 1 aliphatic rings. The predicted octanol–water partition coefficient (Wildman–Crippen LogP) is 20.0. The molecule has 0 aromatic heterocycles. The Bertz CT molecular complexity index is 3020. The second-order valence-corrected chi connectivity index (χ2v) is 20.3. The van der Waals surface area contributed by atoms with Crippen molar-refractivity contribution >= 4 is 0 Å². The number of rotatable bonds is 21. The van der Waals surface area contributed by atoms with E-state index in [0.717, 1.165) is 29.2 Å². The van der Waals surface area contributed by atoms with Gasteiger partial charge in [-0.1, -0.05) is 304 Å². The Morgan fingerprint density at radius 2 is 0.702 bits per heavy atom. The highest BCUT2D eigenvalue weighted by atomic mass is 16.5. The van der Waals surface area contributed by atoms with Crippen molar-refractivity contribution in [1.29, 1.82) is 0 Å². The van der Waals surface area contributed by atoms with Gasteiger partial charge < -0.3 is 29.5 Å². The third-order valence-corrected chi connectivity index (χ3v) is 15.3. The maximum absolute atomic E-state index is 9.61. The number of ether oxygens (including phenoxy) is 3. The van der Waals surface area contributed by atoms with Crippen molar-refractivity contribution in [2.45, 2.75) is 128 Å². The first kappa shape index (κ1) is 74.5. The molecule has 452 valence electrons. The summed E-state index contributed by atoms with van der Waals surface area (Å²) in [5.41, 5.74) is 14.2. The molecule has 0 spiro atoms. The van der Waals surface area contributed by atoms with Gasteiger partial charge in [0.15, 0.2) is 0 Å². The summed E-state index contributed by atoms with van der Waals surface area (Å²) in [6.45, 7) is 14.6. The van der Waals surface area contributed by atoms with Crippen LogP contribution in [-0.2, 0) is 4.74 Å². The van der Waals surface area contributed by atoms with E-state index in [4.69, 9.17) is 24.4 Å². The molecule has 7 atom stereocenters. The van der Waals surface area contributed by atoms with Crippen LogP contribution in [0.5, 0.6) is 11.5 Å². The lowest BCUT2D eigenvalue weighted by Gasteiger charge is -2.36. The van der Waals surface area contributed by atoms with Crippen LogP contribution in [0.1, 0.15) is 178 Å². The fourth-order valence-electron chi connectivity index (χ4n) is 10.4. The van der Waals surface area contributed by atoms with Crippen LogP contribution in [0.4, 0.5) is 0 Å². The maximum atomic E-state index is 9.61. The average Bonchev–Trinajstić information content (AvgIpc) is 3.69. The van der Waals surface area contributed by atoms with Gasteiger partial charge in [-0.05, 0) is 80.6 Å². The summed E-state index contributed by atoms with van der Waals surface area (Å²) in [4.78, 5) is 0. The second kappa shape index (κ2) is 39.1. The highest BCUT2D eigenvalue weighted by Crippen LogP contribution is 2.47. The normalized spacial score (nSPS) is 14.2. The van der Waals surface area contributed by atoms with Crippen molar-refractivity contribution < 1.29 is 29.5 Å². The van der Waals surface area contributed by atoms with Gasteiger partial charge in [0.25, 0.3) is 0 Å². The number of hydrogen-bond acceptors (Lipinski definition) is 6. The molecule has 6 heteroatoms. The van der Waals surface area contributed by atoms with Gasteiger partial charge in [-0.25, -0.2) is 0 Å². The molecule has 3 N–H and O–H groups in total. The molecule has 0 amide bonds. The lowest BCUT2D eigenvalue weighted by atomic mass is 9.72. The number of hydrogen-bond donors (Lipinski definition) is 3. The zero-order chi connectivity index (χ0) is 55.1. The lowest BCUT2D eigenvalue weighted by Crippen LogP contribution is -2.24. The summed E-state index contributed by atoms with van der Waals surface area (Å²) in [5, 5.41) is 27.4. The van der Waals surface area contributed by atoms with Crippen LogP contribution in [-0.4, -0.2) is 55.0 Å². The van der Waals surface area contributed by atoms with E-state index in [2.05, 4.69) is 236 Å². The van der Waals surface area contributed by atoms with Crippen molar-refractivity contribution in [3.8, 4) is 11.5 Å². The Morgan fingerprint density at radius 3 is 1.14 bits per heavy atom. The van der Waals surface area contributed by atoms with E-state index in [0.29, 0.717) is 43.5 Å². The Balaban J connectivity index is 0.000000634. The molecule has 1 aliphatic carbocycles. The summed E-state index contributed by atoms with van der Waals surface area (Å²) in [6.07, 6.45) is 3.33. The molecule has 8 aromatic rings. The van der Waals surface area contributed by atoms with E-state index in [1.54, 1.807) is 0 Å². The Kier molecular flexibility index (Phi) is 34.7. The first-order chi connectivity index (χ1) is 38.1. The molecular formula is C78H104O6. The van der Waals surface area contributed by atoms with Crippen LogP contribution < -0.4 is 9.47 Å². The van der Waals surface area contributed by atoms with E-state index in [1.807, 2.05) is 36.4 Å². The monoisotopic (exact) mass is 1140 g/mol. The molecule has 8 aromatic carbocycles. The van der Waals surface area contributed by atoms with E-state index in [9.17, 15) is 5.11 Å². The summed E-state index contributed by atoms with van der Waals surface area (Å²) in [7, 11) is 0. The van der Waals surface area contributed by atoms with Crippen LogP contribution in [0, 0.1) is 5.92 Å². The molecule has 0 fully saturated rings. The van der Waals surface area contributed by atoms with Crippen LogP contribution >= 0.6 is 0 Å². The number of aliphatic hydroxyl groups excluding tert-OH is 3. The zero-order valence-electron chi connectivity index (χ0n) is 46.5. The minimum atomic E-state index is 0. The molecule has 7 unspecified atom stereocenters. The number of benzene rings is 8. The van der Waals surface area contributed by atoms with Crippen molar-refractivity contribution in [1.82, 2.24) is 0 Å². The Labute approximate surface area is 509 Å². The van der Waals surface area contributed by atoms with Crippen molar-refractivity contribution in [3.63, 3.8) is 0 Å². The van der Waals surface area contributed by atoms with E-state index in [-0.39, 0.29) is 82.1 Å². The molecule has 6 nitrogen and oxygen atoms in total. The third kappa shape index (κ3) is 20.7. The van der Waals surface area contributed by atoms with Gasteiger partial charge in [-0.3, -0.25) is 0 Å². The largest absolute Gasteiger partial charge is 0.495 e. The Morgan fingerprint density at radius 1 is 0.357 bits per heavy atom. The minimum absolute atomic E-state index is 0. The summed E-state index contributed by atoms with van der Waals surface area (Å²) < 4.78 is 17.5. The fraction of sp³-hybridized carbons (Fsp3) is 0.333. The van der Waals surface area contributed by atoms with Crippen molar-refractivity contribution in [2.24, 2.45) is 5.92 Å². The van der Waals surface area contributed by atoms with Crippen LogP contribution in [0.2, 0.25) is 0 Å². The SMILES string of the molecule is C.C.C.C.C.C.CC(C1=CC(C(C)c2ccccc2)=C(OCCO)C(C(C)c2ccccc2)C1)c1ccccc1.CC(c1ccccc1)c1ccc(OCCO)c(C(C)c2ccccc2)c1.CC(c1ccccc1)c1ccc(OCCO)cc1. The first-order valence-electron chi connectivity index (χ1n) is 27.8. The predicted molar refractivity (Wildman–Crippen MR) is 361 cm³/mol. The molecule has 0 aliphatic heterocycles. The molecule has 0 saturated carbocycles. The third-order valence-electron chi connectivity index (χ3n) is 15.3. The highest BCUT2D eigenvalue weighted by molar-refractivity contribution is 5.48. The first-order valence-corrected chi connectivity index (χ1v) is 27.8. The fourth-order valence-corrected chi connectivity index (χ4v) is 10.4. The van der Waals surface area contributed by atoms with Gasteiger partial charge >= 0.3 is 0 Å². The molecule has 0 heterocycles. The molecular weight excluding hydrogens is 1030 g/mol. The van der Waals surface area contributed by atoms with E-state index >= 15 is 0 Å². The van der Waals surface area contributed by atoms with Gasteiger partial charge in [-0.2, -0.15) is 0 Å². The maximum Gasteiger partial charge on any atom is 0.123 e. The summed E-state index contributed by atoms with van der Waals surface area (Å²) >= 11 is 0. The number of allylic oxidation sites excluding steroid dienone is 4. The average molecular weight is 1140 g/mol. The molecule has 0 saturated heterocycles. The topological polar surface area (TPSA) is 88.4 Å². The summed E-state index contributed by atoms with van der Waals surface area (Å²) in [6, 6.07) is 78.1. The quantitative estimate of drug-likeness (QED) is 0.0664. The van der Waals surface area contributed by atoms with Crippen molar-refractivity contribution in [2.75, 3.05) is 39.6 Å². The Hall–Kier alpha value is -7.48. The number of aliphatic hydroxyl groups is 3. The van der Waals surface area contributed by atoms with Crippen LogP contribution in [0.15, 0.2) is 247 Å². The molecule has 84 heavy (non-hydrogen) atoms. The minimum Gasteiger partial charge on any atom is -0.495 e. The lowest BCUT2D eigenvalue weighted by molar-refractivity contribution is 0.116.